The quantitative estimate of drug-likeness (QED) is 0.548. The fourth-order valence-corrected chi connectivity index (χ4v) is 4.53. The number of rotatable bonds is 9. The van der Waals surface area contributed by atoms with E-state index in [0.29, 0.717) is 26.1 Å². The average molecular weight is 402 g/mol. The molecule has 0 bridgehead atoms. The van der Waals surface area contributed by atoms with Gasteiger partial charge in [0.1, 0.15) is 6.04 Å². The van der Waals surface area contributed by atoms with Gasteiger partial charge in [-0.3, -0.25) is 9.59 Å². The summed E-state index contributed by atoms with van der Waals surface area (Å²) in [6.45, 7) is 1.04. The minimum absolute atomic E-state index is 0.245. The number of aliphatic carboxylic acids is 1. The van der Waals surface area contributed by atoms with Gasteiger partial charge in [0.25, 0.3) is 5.91 Å². The number of carbonyl (C=O) groups is 3. The molecule has 0 aromatic heterocycles. The van der Waals surface area contributed by atoms with Gasteiger partial charge in [0.15, 0.2) is 0 Å². The second-order valence-electron chi connectivity index (χ2n) is 8.13. The van der Waals surface area contributed by atoms with Crippen molar-refractivity contribution in [2.45, 2.75) is 56.9 Å². The third-order valence-corrected chi connectivity index (χ3v) is 6.14. The van der Waals surface area contributed by atoms with Crippen molar-refractivity contribution >= 4 is 23.3 Å². The van der Waals surface area contributed by atoms with E-state index < -0.39 is 29.6 Å². The Labute approximate surface area is 171 Å². The summed E-state index contributed by atoms with van der Waals surface area (Å²) >= 11 is 0. The first-order chi connectivity index (χ1) is 14.0. The summed E-state index contributed by atoms with van der Waals surface area (Å²) in [5.74, 6) is -2.60. The first-order valence-electron chi connectivity index (χ1n) is 10.6. The molecule has 2 aliphatic rings. The molecule has 0 radical (unpaired) electrons. The molecule has 0 spiro atoms. The number of nitrogens with zero attached hydrogens (tertiary/aromatic N) is 1. The van der Waals surface area contributed by atoms with Crippen molar-refractivity contribution in [1.82, 2.24) is 4.90 Å². The van der Waals surface area contributed by atoms with Gasteiger partial charge in [0.05, 0.1) is 5.92 Å². The number of carboxylic acids is 1. The smallest absolute Gasteiger partial charge is 0.326 e. The molecule has 3 rings (SSSR count). The van der Waals surface area contributed by atoms with Gasteiger partial charge < -0.3 is 21.1 Å². The number of hydrogen-bond donors (Lipinski definition) is 3. The molecular weight excluding hydrogens is 370 g/mol. The van der Waals surface area contributed by atoms with Gasteiger partial charge in [0.2, 0.25) is 5.78 Å². The number of carbonyl (C=O) groups excluding carboxylic acids is 2. The van der Waals surface area contributed by atoms with E-state index >= 15 is 0 Å². The summed E-state index contributed by atoms with van der Waals surface area (Å²) in [7, 11) is 0. The number of Topliss-reactive ketones (excluding diaryl/α,β-unsaturated/α-hetero) is 1. The van der Waals surface area contributed by atoms with Crippen LogP contribution >= 0.6 is 0 Å². The predicted molar refractivity (Wildman–Crippen MR) is 111 cm³/mol. The van der Waals surface area contributed by atoms with E-state index in [0.717, 1.165) is 36.9 Å². The molecule has 7 nitrogen and oxygen atoms in total. The minimum Gasteiger partial charge on any atom is -0.480 e. The van der Waals surface area contributed by atoms with E-state index in [2.05, 4.69) is 5.32 Å². The Bertz CT molecular complexity index is 745. The monoisotopic (exact) mass is 401 g/mol. The lowest BCUT2D eigenvalue weighted by Gasteiger charge is -2.34. The summed E-state index contributed by atoms with van der Waals surface area (Å²) in [4.78, 5) is 39.7. The number of carboxylic acid groups (broad SMARTS) is 1. The van der Waals surface area contributed by atoms with E-state index in [1.165, 1.54) is 11.3 Å². The Balaban J connectivity index is 1.82. The molecule has 1 aliphatic heterocycles. The molecule has 158 valence electrons. The maximum absolute atomic E-state index is 13.3. The Kier molecular flexibility index (Phi) is 7.25. The molecule has 1 aromatic carbocycles. The van der Waals surface area contributed by atoms with Gasteiger partial charge in [-0.15, -0.1) is 0 Å². The van der Waals surface area contributed by atoms with Crippen LogP contribution in [0.5, 0.6) is 0 Å². The van der Waals surface area contributed by atoms with Crippen molar-refractivity contribution in [1.29, 1.82) is 0 Å². The lowest BCUT2D eigenvalue weighted by Crippen LogP contribution is -2.51. The highest BCUT2D eigenvalue weighted by Crippen LogP contribution is 2.33. The fraction of sp³-hybridized carbons (Fsp3) is 0.591. The number of para-hydroxylation sites is 1. The van der Waals surface area contributed by atoms with E-state index in [-0.39, 0.29) is 12.3 Å². The SMILES string of the molecule is NCCC[C@@H](C(=O)O)N(CC1CCCCC1)C(=O)C(=O)C1CNc2ccccc21. The molecule has 1 saturated carbocycles. The Morgan fingerprint density at radius 2 is 1.90 bits per heavy atom. The standard InChI is InChI=1S/C22H31N3O4/c23-12-6-11-19(22(28)29)25(14-15-7-2-1-3-8-15)21(27)20(26)17-13-24-18-10-5-4-9-16(17)18/h4-5,9-10,15,17,19,24H,1-3,6-8,11-14,23H2,(H,28,29)/t17?,19-/m0/s1. The number of fused-ring (bicyclic) bond motifs is 1. The van der Waals surface area contributed by atoms with Crippen molar-refractivity contribution in [2.24, 2.45) is 11.7 Å². The first-order valence-corrected chi connectivity index (χ1v) is 10.6. The molecule has 4 N–H and O–H groups in total. The van der Waals surface area contributed by atoms with Gasteiger partial charge >= 0.3 is 5.97 Å². The number of hydrogen-bond acceptors (Lipinski definition) is 5. The van der Waals surface area contributed by atoms with E-state index in [9.17, 15) is 19.5 Å². The number of nitrogens with one attached hydrogen (secondary N) is 1. The molecule has 1 fully saturated rings. The highest BCUT2D eigenvalue weighted by Gasteiger charge is 2.39. The molecule has 1 aliphatic carbocycles. The topological polar surface area (TPSA) is 113 Å². The van der Waals surface area contributed by atoms with Crippen molar-refractivity contribution in [3.05, 3.63) is 29.8 Å². The summed E-state index contributed by atoms with van der Waals surface area (Å²) in [6.07, 6.45) is 6.03. The molecule has 7 heteroatoms. The van der Waals surface area contributed by atoms with Crippen LogP contribution < -0.4 is 11.1 Å². The summed E-state index contributed by atoms with van der Waals surface area (Å²) in [5, 5.41) is 13.0. The number of ketones is 1. The van der Waals surface area contributed by atoms with Crippen LogP contribution in [0.15, 0.2) is 24.3 Å². The van der Waals surface area contributed by atoms with Gasteiger partial charge in [-0.25, -0.2) is 4.79 Å². The van der Waals surface area contributed by atoms with Crippen molar-refractivity contribution < 1.29 is 19.5 Å². The highest BCUT2D eigenvalue weighted by molar-refractivity contribution is 6.39. The number of amides is 1. The number of nitrogens with two attached hydrogens (primary N) is 1. The van der Waals surface area contributed by atoms with E-state index in [1.54, 1.807) is 0 Å². The number of anilines is 1. The molecule has 1 aromatic rings. The first kappa shape index (κ1) is 21.3. The fourth-order valence-electron chi connectivity index (χ4n) is 4.53. The normalized spacial score (nSPS) is 19.8. The number of benzene rings is 1. The van der Waals surface area contributed by atoms with Crippen LogP contribution in [0.25, 0.3) is 0 Å². The maximum atomic E-state index is 13.3. The zero-order chi connectivity index (χ0) is 20.8. The predicted octanol–water partition coefficient (Wildman–Crippen LogP) is 2.37. The molecule has 2 atom stereocenters. The van der Waals surface area contributed by atoms with Gasteiger partial charge in [0, 0.05) is 18.8 Å². The van der Waals surface area contributed by atoms with Crippen LogP contribution in [0.2, 0.25) is 0 Å². The molecule has 1 unspecified atom stereocenters. The molecule has 29 heavy (non-hydrogen) atoms. The lowest BCUT2D eigenvalue weighted by molar-refractivity contribution is -0.155. The maximum Gasteiger partial charge on any atom is 0.326 e. The largest absolute Gasteiger partial charge is 0.480 e. The van der Waals surface area contributed by atoms with Gasteiger partial charge in [-0.2, -0.15) is 0 Å². The van der Waals surface area contributed by atoms with Crippen LogP contribution in [-0.2, 0) is 14.4 Å². The van der Waals surface area contributed by atoms with Gasteiger partial charge in [-0.05, 0) is 49.8 Å². The van der Waals surface area contributed by atoms with Crippen molar-refractivity contribution in [3.8, 4) is 0 Å². The van der Waals surface area contributed by atoms with Crippen molar-refractivity contribution in [2.75, 3.05) is 25.0 Å². The minimum atomic E-state index is -1.07. The third-order valence-electron chi connectivity index (χ3n) is 6.14. The van der Waals surface area contributed by atoms with Crippen LogP contribution in [0.4, 0.5) is 5.69 Å². The zero-order valence-electron chi connectivity index (χ0n) is 16.8. The molecule has 1 amide bonds. The summed E-state index contributed by atoms with van der Waals surface area (Å²) < 4.78 is 0. The average Bonchev–Trinajstić information content (AvgIpc) is 3.17. The highest BCUT2D eigenvalue weighted by atomic mass is 16.4. The van der Waals surface area contributed by atoms with Crippen LogP contribution in [0.1, 0.15) is 56.4 Å². The van der Waals surface area contributed by atoms with Gasteiger partial charge in [-0.1, -0.05) is 37.5 Å². The molecule has 0 saturated heterocycles. The Morgan fingerprint density at radius 3 is 2.59 bits per heavy atom. The summed E-state index contributed by atoms with van der Waals surface area (Å²) in [5.41, 5.74) is 7.24. The van der Waals surface area contributed by atoms with E-state index in [1.807, 2.05) is 24.3 Å². The van der Waals surface area contributed by atoms with Crippen LogP contribution in [-0.4, -0.2) is 53.3 Å². The van der Waals surface area contributed by atoms with Crippen LogP contribution in [0, 0.1) is 5.92 Å². The lowest BCUT2D eigenvalue weighted by atomic mass is 9.88. The second-order valence-corrected chi connectivity index (χ2v) is 8.13. The van der Waals surface area contributed by atoms with Crippen LogP contribution in [0.3, 0.4) is 0 Å². The Morgan fingerprint density at radius 1 is 1.17 bits per heavy atom. The molecular formula is C22H31N3O4. The molecule has 1 heterocycles. The third kappa shape index (κ3) is 4.96. The van der Waals surface area contributed by atoms with Crippen molar-refractivity contribution in [3.63, 3.8) is 0 Å². The Hall–Kier alpha value is -2.41. The van der Waals surface area contributed by atoms with E-state index in [4.69, 9.17) is 5.73 Å². The summed E-state index contributed by atoms with van der Waals surface area (Å²) in [6, 6.07) is 6.44. The second kappa shape index (κ2) is 9.87. The zero-order valence-corrected chi connectivity index (χ0v) is 16.8.